The molecule has 0 aliphatic carbocycles. The third-order valence-electron chi connectivity index (χ3n) is 2.10. The average molecular weight is 205 g/mol. The second-order valence-corrected chi connectivity index (χ2v) is 3.38. The van der Waals surface area contributed by atoms with E-state index in [1.807, 2.05) is 13.2 Å². The smallest absolute Gasteiger partial charge is 0.123 e. The summed E-state index contributed by atoms with van der Waals surface area (Å²) in [5.74, 6) is -0.220. The van der Waals surface area contributed by atoms with Gasteiger partial charge in [-0.3, -0.25) is 4.68 Å². The van der Waals surface area contributed by atoms with Gasteiger partial charge in [0.1, 0.15) is 5.82 Å². The highest BCUT2D eigenvalue weighted by Crippen LogP contribution is 2.09. The second kappa shape index (κ2) is 4.13. The summed E-state index contributed by atoms with van der Waals surface area (Å²) < 4.78 is 14.4. The quantitative estimate of drug-likeness (QED) is 0.832. The minimum absolute atomic E-state index is 0.220. The van der Waals surface area contributed by atoms with Crippen LogP contribution in [0.25, 0.3) is 0 Å². The van der Waals surface area contributed by atoms with Gasteiger partial charge in [0.15, 0.2) is 0 Å². The molecule has 0 aliphatic heterocycles. The van der Waals surface area contributed by atoms with Crippen LogP contribution in [0.5, 0.6) is 0 Å². The highest BCUT2D eigenvalue weighted by Gasteiger charge is 1.96. The van der Waals surface area contributed by atoms with E-state index in [9.17, 15) is 4.39 Å². The van der Waals surface area contributed by atoms with Gasteiger partial charge in [0, 0.05) is 31.0 Å². The Kier molecular flexibility index (Phi) is 2.67. The van der Waals surface area contributed by atoms with Crippen LogP contribution >= 0.6 is 0 Å². The molecular weight excluding hydrogens is 193 g/mol. The zero-order chi connectivity index (χ0) is 10.7. The zero-order valence-electron chi connectivity index (χ0n) is 8.44. The highest BCUT2D eigenvalue weighted by atomic mass is 19.1. The number of hydrogen-bond donors (Lipinski definition) is 1. The minimum Gasteiger partial charge on any atom is -0.381 e. The van der Waals surface area contributed by atoms with Crippen molar-refractivity contribution in [1.29, 1.82) is 0 Å². The fraction of sp³-hybridized carbons (Fsp3) is 0.182. The number of nitrogens with zero attached hydrogens (tertiary/aromatic N) is 2. The Morgan fingerprint density at radius 2 is 2.07 bits per heavy atom. The Morgan fingerprint density at radius 1 is 1.33 bits per heavy atom. The molecule has 1 aromatic carbocycles. The van der Waals surface area contributed by atoms with Crippen LogP contribution in [0.2, 0.25) is 0 Å². The van der Waals surface area contributed by atoms with E-state index in [2.05, 4.69) is 10.4 Å². The molecule has 4 heteroatoms. The summed E-state index contributed by atoms with van der Waals surface area (Å²) >= 11 is 0. The van der Waals surface area contributed by atoms with Gasteiger partial charge in [-0.1, -0.05) is 0 Å². The predicted octanol–water partition coefficient (Wildman–Crippen LogP) is 2.17. The van der Waals surface area contributed by atoms with Crippen LogP contribution in [-0.4, -0.2) is 9.78 Å². The molecule has 0 saturated heterocycles. The summed E-state index contributed by atoms with van der Waals surface area (Å²) in [4.78, 5) is 0. The van der Waals surface area contributed by atoms with Gasteiger partial charge in [-0.05, 0) is 24.3 Å². The Balaban J connectivity index is 1.96. The van der Waals surface area contributed by atoms with E-state index in [4.69, 9.17) is 0 Å². The fourth-order valence-electron chi connectivity index (χ4n) is 1.34. The average Bonchev–Trinajstić information content (AvgIpc) is 2.64. The summed E-state index contributed by atoms with van der Waals surface area (Å²) in [7, 11) is 1.88. The van der Waals surface area contributed by atoms with Crippen LogP contribution in [0.4, 0.5) is 10.1 Å². The molecule has 0 amide bonds. The first-order chi connectivity index (χ1) is 7.24. The number of halogens is 1. The summed E-state index contributed by atoms with van der Waals surface area (Å²) in [6.45, 7) is 0.694. The minimum atomic E-state index is -0.220. The monoisotopic (exact) mass is 205 g/mol. The van der Waals surface area contributed by atoms with E-state index in [-0.39, 0.29) is 5.82 Å². The van der Waals surface area contributed by atoms with Crippen molar-refractivity contribution in [3.8, 4) is 0 Å². The molecular formula is C11H12FN3. The molecule has 0 fully saturated rings. The molecule has 0 bridgehead atoms. The lowest BCUT2D eigenvalue weighted by atomic mass is 10.3. The molecule has 0 atom stereocenters. The number of anilines is 1. The third kappa shape index (κ3) is 2.56. The molecule has 2 rings (SSSR count). The topological polar surface area (TPSA) is 29.9 Å². The van der Waals surface area contributed by atoms with Gasteiger partial charge < -0.3 is 5.32 Å². The number of hydrogen-bond acceptors (Lipinski definition) is 2. The van der Waals surface area contributed by atoms with Crippen LogP contribution in [0.15, 0.2) is 36.7 Å². The van der Waals surface area contributed by atoms with Gasteiger partial charge in [0.25, 0.3) is 0 Å². The molecule has 0 aliphatic rings. The Hall–Kier alpha value is -1.84. The summed E-state index contributed by atoms with van der Waals surface area (Å²) in [5.41, 5.74) is 2.00. The van der Waals surface area contributed by atoms with E-state index in [1.165, 1.54) is 12.1 Å². The Labute approximate surface area is 87.5 Å². The van der Waals surface area contributed by atoms with Gasteiger partial charge in [-0.25, -0.2) is 4.39 Å². The van der Waals surface area contributed by atoms with Gasteiger partial charge in [-0.15, -0.1) is 0 Å². The summed E-state index contributed by atoms with van der Waals surface area (Å²) in [6.07, 6.45) is 3.74. The van der Waals surface area contributed by atoms with Crippen LogP contribution < -0.4 is 5.32 Å². The van der Waals surface area contributed by atoms with E-state index in [0.717, 1.165) is 11.3 Å². The summed E-state index contributed by atoms with van der Waals surface area (Å²) in [6, 6.07) is 6.30. The van der Waals surface area contributed by atoms with E-state index < -0.39 is 0 Å². The molecule has 15 heavy (non-hydrogen) atoms. The lowest BCUT2D eigenvalue weighted by Gasteiger charge is -2.03. The Bertz CT molecular complexity index is 433. The number of rotatable bonds is 3. The lowest BCUT2D eigenvalue weighted by Crippen LogP contribution is -1.98. The molecule has 2 aromatic rings. The highest BCUT2D eigenvalue weighted by molar-refractivity contribution is 5.43. The molecule has 1 heterocycles. The maximum absolute atomic E-state index is 12.6. The largest absolute Gasteiger partial charge is 0.381 e. The van der Waals surface area contributed by atoms with Crippen molar-refractivity contribution in [2.45, 2.75) is 6.54 Å². The van der Waals surface area contributed by atoms with Crippen LogP contribution in [0, 0.1) is 5.82 Å². The van der Waals surface area contributed by atoms with Crippen molar-refractivity contribution in [2.24, 2.45) is 7.05 Å². The van der Waals surface area contributed by atoms with E-state index in [0.29, 0.717) is 6.54 Å². The van der Waals surface area contributed by atoms with Gasteiger partial charge in [-0.2, -0.15) is 5.10 Å². The summed E-state index contributed by atoms with van der Waals surface area (Å²) in [5, 5.41) is 7.24. The second-order valence-electron chi connectivity index (χ2n) is 3.38. The van der Waals surface area contributed by atoms with Crippen molar-refractivity contribution in [3.05, 3.63) is 48.0 Å². The normalized spacial score (nSPS) is 10.3. The van der Waals surface area contributed by atoms with Gasteiger partial charge in [0.05, 0.1) is 6.20 Å². The van der Waals surface area contributed by atoms with Crippen LogP contribution in [0.3, 0.4) is 0 Å². The number of benzene rings is 1. The first-order valence-electron chi connectivity index (χ1n) is 4.71. The molecule has 1 N–H and O–H groups in total. The zero-order valence-corrected chi connectivity index (χ0v) is 8.44. The van der Waals surface area contributed by atoms with E-state index in [1.54, 1.807) is 23.0 Å². The molecule has 1 aromatic heterocycles. The molecule has 78 valence electrons. The molecule has 0 radical (unpaired) electrons. The van der Waals surface area contributed by atoms with Crippen molar-refractivity contribution >= 4 is 5.69 Å². The van der Waals surface area contributed by atoms with Crippen LogP contribution in [0.1, 0.15) is 5.56 Å². The first kappa shape index (κ1) is 9.71. The van der Waals surface area contributed by atoms with Crippen molar-refractivity contribution in [3.63, 3.8) is 0 Å². The van der Waals surface area contributed by atoms with Crippen molar-refractivity contribution < 1.29 is 4.39 Å². The third-order valence-corrected chi connectivity index (χ3v) is 2.10. The molecule has 0 saturated carbocycles. The predicted molar refractivity (Wildman–Crippen MR) is 56.9 cm³/mol. The standard InChI is InChI=1S/C11H12FN3/c1-15-8-9(7-14-15)6-13-11-4-2-10(12)3-5-11/h2-5,7-8,13H,6H2,1H3. The van der Waals surface area contributed by atoms with Crippen molar-refractivity contribution in [2.75, 3.05) is 5.32 Å². The maximum atomic E-state index is 12.6. The van der Waals surface area contributed by atoms with Gasteiger partial charge in [0.2, 0.25) is 0 Å². The van der Waals surface area contributed by atoms with Crippen molar-refractivity contribution in [1.82, 2.24) is 9.78 Å². The fourth-order valence-corrected chi connectivity index (χ4v) is 1.34. The van der Waals surface area contributed by atoms with Crippen LogP contribution in [-0.2, 0) is 13.6 Å². The lowest BCUT2D eigenvalue weighted by molar-refractivity contribution is 0.628. The van der Waals surface area contributed by atoms with E-state index >= 15 is 0 Å². The Morgan fingerprint density at radius 3 is 2.67 bits per heavy atom. The first-order valence-corrected chi connectivity index (χ1v) is 4.71. The number of aromatic nitrogens is 2. The molecule has 0 unspecified atom stereocenters. The SMILES string of the molecule is Cn1cc(CNc2ccc(F)cc2)cn1. The number of aryl methyl sites for hydroxylation is 1. The molecule has 0 spiro atoms. The maximum Gasteiger partial charge on any atom is 0.123 e. The molecule has 3 nitrogen and oxygen atoms in total. The number of nitrogens with one attached hydrogen (secondary N) is 1. The van der Waals surface area contributed by atoms with Gasteiger partial charge >= 0.3 is 0 Å².